The van der Waals surface area contributed by atoms with Gasteiger partial charge in [-0.1, -0.05) is 56.3 Å². The first-order valence-corrected chi connectivity index (χ1v) is 10.4. The maximum absolute atomic E-state index is 13.5. The van der Waals surface area contributed by atoms with Crippen LogP contribution in [-0.2, 0) is 0 Å². The standard InChI is InChI=1S/C25H27N3O/c1-17(2)14-15-26-18(3)24-27-23-11-7-6-10-22(23)25(29)28(24)21-13-12-19-8-4-5-9-20(19)16-21/h4-13,16-18,26H,14-15H2,1-3H3/p+1/t18-/m0/s1. The van der Waals surface area contributed by atoms with Crippen LogP contribution >= 0.6 is 0 Å². The van der Waals surface area contributed by atoms with E-state index in [9.17, 15) is 4.79 Å². The van der Waals surface area contributed by atoms with Gasteiger partial charge < -0.3 is 5.32 Å². The number of fused-ring (bicyclic) bond motifs is 2. The van der Waals surface area contributed by atoms with E-state index in [0.717, 1.165) is 40.8 Å². The summed E-state index contributed by atoms with van der Waals surface area (Å²) in [6, 6.07) is 22.1. The van der Waals surface area contributed by atoms with Gasteiger partial charge in [-0.25, -0.2) is 4.98 Å². The van der Waals surface area contributed by atoms with E-state index in [0.29, 0.717) is 11.3 Å². The Kier molecular flexibility index (Phi) is 5.45. The molecule has 4 aromatic rings. The van der Waals surface area contributed by atoms with Crippen LogP contribution in [0.25, 0.3) is 27.4 Å². The Morgan fingerprint density at radius 1 is 0.931 bits per heavy atom. The van der Waals surface area contributed by atoms with Gasteiger partial charge in [0.1, 0.15) is 6.04 Å². The molecule has 0 unspecified atom stereocenters. The summed E-state index contributed by atoms with van der Waals surface area (Å²) in [4.78, 5) is 18.4. The molecule has 1 heterocycles. The van der Waals surface area contributed by atoms with Crippen molar-refractivity contribution in [2.75, 3.05) is 6.54 Å². The first-order chi connectivity index (χ1) is 14.0. The van der Waals surface area contributed by atoms with Gasteiger partial charge in [0, 0.05) is 0 Å². The van der Waals surface area contributed by atoms with Gasteiger partial charge in [0.25, 0.3) is 5.56 Å². The highest BCUT2D eigenvalue weighted by atomic mass is 16.1. The fourth-order valence-electron chi connectivity index (χ4n) is 3.81. The third-order valence-electron chi connectivity index (χ3n) is 5.46. The molecule has 4 heteroatoms. The molecule has 1 atom stereocenters. The predicted molar refractivity (Wildman–Crippen MR) is 120 cm³/mol. The number of para-hydroxylation sites is 1. The van der Waals surface area contributed by atoms with Gasteiger partial charge in [-0.15, -0.1) is 0 Å². The van der Waals surface area contributed by atoms with Crippen molar-refractivity contribution >= 4 is 21.7 Å². The normalized spacial score (nSPS) is 12.7. The molecule has 0 bridgehead atoms. The van der Waals surface area contributed by atoms with Gasteiger partial charge in [0.15, 0.2) is 5.82 Å². The summed E-state index contributed by atoms with van der Waals surface area (Å²) in [5.74, 6) is 1.46. The van der Waals surface area contributed by atoms with E-state index >= 15 is 0 Å². The number of hydrogen-bond donors (Lipinski definition) is 1. The number of aromatic nitrogens is 2. The van der Waals surface area contributed by atoms with Gasteiger partial charge in [-0.05, 0) is 54.3 Å². The lowest BCUT2D eigenvalue weighted by atomic mass is 10.1. The van der Waals surface area contributed by atoms with Crippen LogP contribution in [0.3, 0.4) is 0 Å². The Bertz CT molecular complexity index is 1210. The van der Waals surface area contributed by atoms with Gasteiger partial charge in [0.05, 0.1) is 23.1 Å². The first-order valence-electron chi connectivity index (χ1n) is 10.4. The Hall–Kier alpha value is -2.98. The van der Waals surface area contributed by atoms with E-state index in [2.05, 4.69) is 50.4 Å². The number of rotatable bonds is 6. The molecule has 0 saturated carbocycles. The van der Waals surface area contributed by atoms with Crippen LogP contribution in [0.4, 0.5) is 0 Å². The SMILES string of the molecule is CC(C)CC[NH2+][C@@H](C)c1nc2ccccc2c(=O)n1-c1ccc2ccccc2c1. The third kappa shape index (κ3) is 3.94. The van der Waals surface area contributed by atoms with Crippen molar-refractivity contribution in [2.24, 2.45) is 5.92 Å². The molecule has 0 spiro atoms. The second-order valence-corrected chi connectivity index (χ2v) is 8.15. The van der Waals surface area contributed by atoms with Crippen LogP contribution in [0.2, 0.25) is 0 Å². The monoisotopic (exact) mass is 386 g/mol. The lowest BCUT2D eigenvalue weighted by molar-refractivity contribution is -0.694. The average Bonchev–Trinajstić information content (AvgIpc) is 2.73. The molecule has 1 aromatic heterocycles. The number of nitrogens with two attached hydrogens (primary N) is 1. The molecule has 0 amide bonds. The molecule has 29 heavy (non-hydrogen) atoms. The quantitative estimate of drug-likeness (QED) is 0.540. The summed E-state index contributed by atoms with van der Waals surface area (Å²) in [6.45, 7) is 7.61. The minimum Gasteiger partial charge on any atom is -0.338 e. The van der Waals surface area contributed by atoms with E-state index in [1.165, 1.54) is 0 Å². The molecule has 0 radical (unpaired) electrons. The van der Waals surface area contributed by atoms with Crippen molar-refractivity contribution in [1.29, 1.82) is 0 Å². The predicted octanol–water partition coefficient (Wildman–Crippen LogP) is 4.21. The molecular weight excluding hydrogens is 358 g/mol. The highest BCUT2D eigenvalue weighted by molar-refractivity contribution is 5.85. The van der Waals surface area contributed by atoms with Gasteiger partial charge >= 0.3 is 0 Å². The van der Waals surface area contributed by atoms with Crippen LogP contribution in [0, 0.1) is 5.92 Å². The second-order valence-electron chi connectivity index (χ2n) is 8.15. The number of hydrogen-bond acceptors (Lipinski definition) is 2. The summed E-state index contributed by atoms with van der Waals surface area (Å²) in [5, 5.41) is 5.22. The highest BCUT2D eigenvalue weighted by Gasteiger charge is 2.20. The Balaban J connectivity index is 1.87. The minimum atomic E-state index is -0.00927. The molecular formula is C25H28N3O+. The van der Waals surface area contributed by atoms with Crippen LogP contribution in [-0.4, -0.2) is 16.1 Å². The van der Waals surface area contributed by atoms with Crippen molar-refractivity contribution < 1.29 is 5.32 Å². The van der Waals surface area contributed by atoms with Crippen LogP contribution < -0.4 is 10.9 Å². The maximum atomic E-state index is 13.5. The van der Waals surface area contributed by atoms with E-state index in [-0.39, 0.29) is 11.6 Å². The maximum Gasteiger partial charge on any atom is 0.266 e. The number of benzene rings is 3. The zero-order chi connectivity index (χ0) is 20.4. The largest absolute Gasteiger partial charge is 0.338 e. The first kappa shape index (κ1) is 19.3. The van der Waals surface area contributed by atoms with E-state index in [1.807, 2.05) is 42.5 Å². The zero-order valence-corrected chi connectivity index (χ0v) is 17.3. The Labute approximate surface area is 171 Å². The van der Waals surface area contributed by atoms with E-state index in [1.54, 1.807) is 4.57 Å². The number of nitrogens with zero attached hydrogens (tertiary/aromatic N) is 2. The van der Waals surface area contributed by atoms with Gasteiger partial charge in [-0.3, -0.25) is 9.36 Å². The van der Waals surface area contributed by atoms with Crippen molar-refractivity contribution in [2.45, 2.75) is 33.2 Å². The molecule has 0 saturated heterocycles. The summed E-state index contributed by atoms with van der Waals surface area (Å²) >= 11 is 0. The molecule has 148 valence electrons. The smallest absolute Gasteiger partial charge is 0.266 e. The topological polar surface area (TPSA) is 51.5 Å². The van der Waals surface area contributed by atoms with E-state index < -0.39 is 0 Å². The molecule has 4 nitrogen and oxygen atoms in total. The lowest BCUT2D eigenvalue weighted by Crippen LogP contribution is -2.85. The molecule has 0 fully saturated rings. The summed E-state index contributed by atoms with van der Waals surface area (Å²) in [6.07, 6.45) is 1.14. The van der Waals surface area contributed by atoms with Gasteiger partial charge in [0.2, 0.25) is 0 Å². The van der Waals surface area contributed by atoms with E-state index in [4.69, 9.17) is 4.98 Å². The molecule has 4 rings (SSSR count). The molecule has 0 aliphatic heterocycles. The van der Waals surface area contributed by atoms with Crippen molar-refractivity contribution in [3.05, 3.63) is 82.9 Å². The van der Waals surface area contributed by atoms with Crippen LogP contribution in [0.1, 0.15) is 39.1 Å². The zero-order valence-electron chi connectivity index (χ0n) is 17.3. The fraction of sp³-hybridized carbons (Fsp3) is 0.280. The summed E-state index contributed by atoms with van der Waals surface area (Å²) < 4.78 is 1.80. The lowest BCUT2D eigenvalue weighted by Gasteiger charge is -2.18. The van der Waals surface area contributed by atoms with Crippen LogP contribution in [0.5, 0.6) is 0 Å². The Morgan fingerprint density at radius 2 is 1.66 bits per heavy atom. The average molecular weight is 387 g/mol. The molecule has 0 aliphatic rings. The van der Waals surface area contributed by atoms with Gasteiger partial charge in [-0.2, -0.15) is 0 Å². The summed E-state index contributed by atoms with van der Waals surface area (Å²) in [7, 11) is 0. The molecule has 3 aromatic carbocycles. The fourth-order valence-corrected chi connectivity index (χ4v) is 3.81. The molecule has 0 aliphatic carbocycles. The number of quaternary nitrogens is 1. The Morgan fingerprint density at radius 3 is 2.45 bits per heavy atom. The van der Waals surface area contributed by atoms with Crippen molar-refractivity contribution in [3.63, 3.8) is 0 Å². The molecule has 2 N–H and O–H groups in total. The third-order valence-corrected chi connectivity index (χ3v) is 5.46. The second kappa shape index (κ2) is 8.18. The minimum absolute atomic E-state index is 0.00927. The highest BCUT2D eigenvalue weighted by Crippen LogP contribution is 2.21. The van der Waals surface area contributed by atoms with Crippen molar-refractivity contribution in [3.8, 4) is 5.69 Å². The van der Waals surface area contributed by atoms with Crippen LogP contribution in [0.15, 0.2) is 71.5 Å². The summed E-state index contributed by atoms with van der Waals surface area (Å²) in [5.41, 5.74) is 1.62. The van der Waals surface area contributed by atoms with Crippen molar-refractivity contribution in [1.82, 2.24) is 9.55 Å².